The van der Waals surface area contributed by atoms with Gasteiger partial charge in [-0.3, -0.25) is 0 Å². The predicted molar refractivity (Wildman–Crippen MR) is 109 cm³/mol. The standard InChI is InChI=1S/C9H8NO.3C4H9.Sn/c1-11-10-7-6-8-4-2-3-5-9(8)10;3*1-3-4-2;/h2-6H,1H3;3*1,3-4H2,2H3;. The summed E-state index contributed by atoms with van der Waals surface area (Å²) in [6.07, 6.45) is 8.08. The molecule has 0 atom stereocenters. The zero-order valence-electron chi connectivity index (χ0n) is 16.1. The van der Waals surface area contributed by atoms with Gasteiger partial charge < -0.3 is 0 Å². The fourth-order valence-corrected chi connectivity index (χ4v) is 20.3. The van der Waals surface area contributed by atoms with E-state index in [0.29, 0.717) is 0 Å². The summed E-state index contributed by atoms with van der Waals surface area (Å²) in [4.78, 5) is 5.91. The number of unbranched alkanes of at least 4 members (excludes halogenated alkanes) is 3. The molecule has 1 aromatic carbocycles. The van der Waals surface area contributed by atoms with Crippen molar-refractivity contribution in [1.29, 1.82) is 0 Å². The Morgan fingerprint density at radius 3 is 1.92 bits per heavy atom. The van der Waals surface area contributed by atoms with Crippen molar-refractivity contribution in [3.63, 3.8) is 0 Å². The molecule has 0 saturated carbocycles. The van der Waals surface area contributed by atoms with Crippen LogP contribution in [0.5, 0.6) is 0 Å². The Hall–Kier alpha value is -0.641. The molecule has 0 spiro atoms. The van der Waals surface area contributed by atoms with Crippen LogP contribution in [-0.4, -0.2) is 30.2 Å². The summed E-state index contributed by atoms with van der Waals surface area (Å²) in [6, 6.07) is 11.2. The summed E-state index contributed by atoms with van der Waals surface area (Å²) in [5, 5.41) is 1.35. The van der Waals surface area contributed by atoms with E-state index < -0.39 is 18.4 Å². The SMILES string of the molecule is CCC[CH2][Sn]([CH2]CCC)([CH2]CCC)[c]1cc2ccccc2n1OC. The summed E-state index contributed by atoms with van der Waals surface area (Å²) in [7, 11) is 1.84. The van der Waals surface area contributed by atoms with Gasteiger partial charge in [0.1, 0.15) is 0 Å². The van der Waals surface area contributed by atoms with Crippen LogP contribution in [-0.2, 0) is 0 Å². The number of aromatic nitrogens is 1. The zero-order chi connectivity index (χ0) is 17.4. The van der Waals surface area contributed by atoms with Crippen LogP contribution in [0.15, 0.2) is 30.3 Å². The summed E-state index contributed by atoms with van der Waals surface area (Å²) in [5.74, 6) is 0. The van der Waals surface area contributed by atoms with Crippen molar-refractivity contribution < 1.29 is 4.84 Å². The molecule has 134 valence electrons. The van der Waals surface area contributed by atoms with Gasteiger partial charge in [0.15, 0.2) is 0 Å². The Morgan fingerprint density at radius 1 is 0.875 bits per heavy atom. The van der Waals surface area contributed by atoms with Gasteiger partial charge in [-0.05, 0) is 0 Å². The summed E-state index contributed by atoms with van der Waals surface area (Å²) < 4.78 is 8.23. The van der Waals surface area contributed by atoms with Crippen LogP contribution < -0.4 is 8.55 Å². The van der Waals surface area contributed by atoms with E-state index in [9.17, 15) is 0 Å². The molecule has 0 bridgehead atoms. The van der Waals surface area contributed by atoms with Crippen molar-refractivity contribution in [3.8, 4) is 0 Å². The maximum absolute atomic E-state index is 5.91. The number of hydrogen-bond acceptors (Lipinski definition) is 1. The molecule has 0 radical (unpaired) electrons. The van der Waals surface area contributed by atoms with Crippen molar-refractivity contribution in [1.82, 2.24) is 4.73 Å². The second-order valence-electron chi connectivity index (χ2n) is 7.16. The molecule has 2 nitrogen and oxygen atoms in total. The number of hydrogen-bond donors (Lipinski definition) is 0. The van der Waals surface area contributed by atoms with Gasteiger partial charge >= 0.3 is 153 Å². The van der Waals surface area contributed by atoms with Crippen LogP contribution in [0.1, 0.15) is 59.3 Å². The number of fused-ring (bicyclic) bond motifs is 1. The van der Waals surface area contributed by atoms with E-state index in [1.807, 2.05) is 7.11 Å². The third-order valence-corrected chi connectivity index (χ3v) is 20.7. The van der Waals surface area contributed by atoms with Crippen molar-refractivity contribution in [2.45, 2.75) is 72.6 Å². The van der Waals surface area contributed by atoms with Gasteiger partial charge in [0.25, 0.3) is 0 Å². The van der Waals surface area contributed by atoms with Crippen LogP contribution in [0, 0.1) is 0 Å². The first kappa shape index (κ1) is 19.7. The molecular formula is C21H35NOSn. The van der Waals surface area contributed by atoms with Gasteiger partial charge in [0.2, 0.25) is 0 Å². The molecule has 0 N–H and O–H groups in total. The van der Waals surface area contributed by atoms with Crippen molar-refractivity contribution in [3.05, 3.63) is 30.3 Å². The van der Waals surface area contributed by atoms with E-state index in [-0.39, 0.29) is 0 Å². The Balaban J connectivity index is 2.54. The first-order valence-corrected chi connectivity index (χ1v) is 17.4. The average Bonchev–Trinajstić information content (AvgIpc) is 3.00. The molecular weight excluding hydrogens is 401 g/mol. The van der Waals surface area contributed by atoms with Crippen molar-refractivity contribution in [2.75, 3.05) is 7.11 Å². The molecule has 24 heavy (non-hydrogen) atoms. The molecule has 0 aliphatic carbocycles. The second-order valence-corrected chi connectivity index (χ2v) is 20.2. The van der Waals surface area contributed by atoms with E-state index in [0.717, 1.165) is 0 Å². The van der Waals surface area contributed by atoms with Crippen LogP contribution in [0.4, 0.5) is 0 Å². The van der Waals surface area contributed by atoms with E-state index in [2.05, 4.69) is 55.8 Å². The Bertz CT molecular complexity index is 598. The third kappa shape index (κ3) is 4.30. The number of benzene rings is 1. The molecule has 1 heterocycles. The topological polar surface area (TPSA) is 14.2 Å². The van der Waals surface area contributed by atoms with Gasteiger partial charge in [-0.2, -0.15) is 0 Å². The van der Waals surface area contributed by atoms with E-state index >= 15 is 0 Å². The van der Waals surface area contributed by atoms with Crippen LogP contribution in [0.25, 0.3) is 10.9 Å². The second kappa shape index (κ2) is 9.74. The first-order valence-electron chi connectivity index (χ1n) is 9.87. The summed E-state index contributed by atoms with van der Waals surface area (Å²) >= 11 is -2.46. The van der Waals surface area contributed by atoms with Gasteiger partial charge in [0, 0.05) is 0 Å². The fraction of sp³-hybridized carbons (Fsp3) is 0.619. The van der Waals surface area contributed by atoms with Crippen LogP contribution in [0.2, 0.25) is 13.3 Å². The molecule has 0 fully saturated rings. The predicted octanol–water partition coefficient (Wildman–Crippen LogP) is 5.76. The van der Waals surface area contributed by atoms with E-state index in [4.69, 9.17) is 4.84 Å². The van der Waals surface area contributed by atoms with E-state index in [1.54, 1.807) is 3.71 Å². The molecule has 0 unspecified atom stereocenters. The van der Waals surface area contributed by atoms with Crippen LogP contribution >= 0.6 is 0 Å². The fourth-order valence-electron chi connectivity index (χ4n) is 4.00. The minimum absolute atomic E-state index is 1.25. The number of para-hydroxylation sites is 1. The normalized spacial score (nSPS) is 12.0. The molecule has 0 amide bonds. The van der Waals surface area contributed by atoms with Crippen molar-refractivity contribution >= 4 is 33.0 Å². The van der Waals surface area contributed by atoms with E-state index in [1.165, 1.54) is 62.7 Å². The number of nitrogens with zero attached hydrogens (tertiary/aromatic N) is 1. The minimum atomic E-state index is -2.46. The molecule has 0 saturated heterocycles. The summed E-state index contributed by atoms with van der Waals surface area (Å²) in [5.41, 5.74) is 1.25. The molecule has 3 heteroatoms. The van der Waals surface area contributed by atoms with Gasteiger partial charge in [-0.1, -0.05) is 0 Å². The molecule has 0 aliphatic rings. The molecule has 2 rings (SSSR count). The molecule has 2 aromatic rings. The Kier molecular flexibility index (Phi) is 7.99. The third-order valence-electron chi connectivity index (χ3n) is 5.42. The van der Waals surface area contributed by atoms with Crippen molar-refractivity contribution in [2.24, 2.45) is 0 Å². The van der Waals surface area contributed by atoms with Gasteiger partial charge in [-0.15, -0.1) is 0 Å². The molecule has 0 aliphatic heterocycles. The quantitative estimate of drug-likeness (QED) is 0.409. The Labute approximate surface area is 152 Å². The zero-order valence-corrected chi connectivity index (χ0v) is 19.0. The number of rotatable bonds is 11. The monoisotopic (exact) mass is 437 g/mol. The first-order chi connectivity index (χ1) is 11.7. The van der Waals surface area contributed by atoms with Gasteiger partial charge in [-0.25, -0.2) is 0 Å². The van der Waals surface area contributed by atoms with Gasteiger partial charge in [0.05, 0.1) is 0 Å². The summed E-state index contributed by atoms with van der Waals surface area (Å²) in [6.45, 7) is 7.01. The average molecular weight is 436 g/mol. The maximum atomic E-state index is 5.91. The Morgan fingerprint density at radius 2 is 1.42 bits per heavy atom. The van der Waals surface area contributed by atoms with Crippen LogP contribution in [0.3, 0.4) is 0 Å². The molecule has 1 aromatic heterocycles.